The molecule has 35 heavy (non-hydrogen) atoms. The first-order valence-electron chi connectivity index (χ1n) is 11.2. The number of imidazole rings is 1. The molecule has 1 N–H and O–H groups in total. The molecule has 0 saturated carbocycles. The minimum atomic E-state index is -0.477. The predicted molar refractivity (Wildman–Crippen MR) is 128 cm³/mol. The van der Waals surface area contributed by atoms with Crippen LogP contribution in [0.15, 0.2) is 90.2 Å². The molecule has 1 atom stereocenters. The van der Waals surface area contributed by atoms with Crippen LogP contribution < -0.4 is 10.2 Å². The van der Waals surface area contributed by atoms with Gasteiger partial charge in [0.2, 0.25) is 0 Å². The average molecular weight is 459 g/mol. The number of nitrogens with zero attached hydrogens (tertiary/aromatic N) is 6. The molecule has 3 aliphatic rings. The maximum absolute atomic E-state index is 13.2. The maximum atomic E-state index is 13.2. The lowest BCUT2D eigenvalue weighted by Gasteiger charge is -2.23. The number of carbonyl (C=O) groups is 2. The van der Waals surface area contributed by atoms with Crippen LogP contribution in [-0.4, -0.2) is 36.9 Å². The largest absolute Gasteiger partial charge is 0.335 e. The van der Waals surface area contributed by atoms with Crippen molar-refractivity contribution in [1.29, 1.82) is 0 Å². The first-order valence-corrected chi connectivity index (χ1v) is 11.2. The molecular weight excluding hydrogens is 442 g/mol. The molecule has 1 aromatic carbocycles. The molecule has 9 nitrogen and oxygen atoms in total. The number of hydrogen-bond donors (Lipinski definition) is 1. The number of para-hydroxylation sites is 1. The summed E-state index contributed by atoms with van der Waals surface area (Å²) in [4.78, 5) is 46.3. The Balaban J connectivity index is 1.43. The summed E-state index contributed by atoms with van der Waals surface area (Å²) >= 11 is 0. The van der Waals surface area contributed by atoms with Gasteiger partial charge in [-0.3, -0.25) is 24.3 Å². The lowest BCUT2D eigenvalue weighted by Crippen LogP contribution is -2.25. The molecule has 7 rings (SSSR count). The topological polar surface area (TPSA) is 105 Å². The van der Waals surface area contributed by atoms with Crippen molar-refractivity contribution in [1.82, 2.24) is 24.7 Å². The second kappa shape index (κ2) is 7.29. The van der Waals surface area contributed by atoms with Crippen molar-refractivity contribution in [3.05, 3.63) is 108 Å². The highest BCUT2D eigenvalue weighted by molar-refractivity contribution is 6.47. The van der Waals surface area contributed by atoms with Gasteiger partial charge in [0.25, 0.3) is 11.8 Å². The fourth-order valence-corrected chi connectivity index (χ4v) is 5.08. The van der Waals surface area contributed by atoms with Gasteiger partial charge >= 0.3 is 0 Å². The van der Waals surface area contributed by atoms with E-state index >= 15 is 0 Å². The van der Waals surface area contributed by atoms with E-state index in [1.165, 1.54) is 0 Å². The molecule has 0 aliphatic carbocycles. The predicted octanol–water partition coefficient (Wildman–Crippen LogP) is 2.61. The van der Waals surface area contributed by atoms with Crippen molar-refractivity contribution in [2.75, 3.05) is 4.90 Å². The molecule has 0 saturated heterocycles. The zero-order chi connectivity index (χ0) is 23.5. The summed E-state index contributed by atoms with van der Waals surface area (Å²) in [6.45, 7) is 0. The Hall–Kier alpha value is -4.92. The number of carbonyl (C=O) groups excluding carboxylic acids is 2. The normalized spacial score (nSPS) is 18.7. The molecule has 0 spiro atoms. The molecule has 9 heteroatoms. The van der Waals surface area contributed by atoms with Crippen molar-refractivity contribution in [2.24, 2.45) is 4.99 Å². The van der Waals surface area contributed by atoms with Crippen LogP contribution >= 0.6 is 0 Å². The van der Waals surface area contributed by atoms with Gasteiger partial charge < -0.3 is 4.90 Å². The third kappa shape index (κ3) is 2.81. The zero-order valence-electron chi connectivity index (χ0n) is 18.3. The smallest absolute Gasteiger partial charge is 0.261 e. The maximum Gasteiger partial charge on any atom is 0.261 e. The summed E-state index contributed by atoms with van der Waals surface area (Å²) < 4.78 is 1.80. The Labute approximate surface area is 199 Å². The van der Waals surface area contributed by atoms with Crippen LogP contribution in [0.4, 0.5) is 5.69 Å². The van der Waals surface area contributed by atoms with E-state index in [0.29, 0.717) is 22.9 Å². The number of imide groups is 1. The number of rotatable bonds is 3. The molecule has 0 bridgehead atoms. The van der Waals surface area contributed by atoms with Crippen LogP contribution in [0.25, 0.3) is 11.2 Å². The van der Waals surface area contributed by atoms with Gasteiger partial charge in [0.15, 0.2) is 5.82 Å². The van der Waals surface area contributed by atoms with E-state index in [0.717, 1.165) is 23.2 Å². The van der Waals surface area contributed by atoms with Crippen LogP contribution in [0.1, 0.15) is 28.7 Å². The Morgan fingerprint density at radius 3 is 2.66 bits per heavy atom. The Morgan fingerprint density at radius 1 is 0.914 bits per heavy atom. The number of aromatic nitrogens is 4. The van der Waals surface area contributed by atoms with E-state index < -0.39 is 11.8 Å². The molecule has 3 aromatic heterocycles. The first kappa shape index (κ1) is 19.5. The van der Waals surface area contributed by atoms with Gasteiger partial charge in [-0.2, -0.15) is 0 Å². The van der Waals surface area contributed by atoms with Gasteiger partial charge in [-0.15, -0.1) is 0 Å². The minimum Gasteiger partial charge on any atom is -0.335 e. The molecular formula is C26H17N7O2. The first-order chi connectivity index (χ1) is 17.2. The van der Waals surface area contributed by atoms with Gasteiger partial charge in [0, 0.05) is 43.0 Å². The van der Waals surface area contributed by atoms with E-state index in [1.54, 1.807) is 35.3 Å². The summed E-state index contributed by atoms with van der Waals surface area (Å²) in [5.41, 5.74) is 4.97. The number of benzene rings is 1. The number of nitrogens with one attached hydrogen (secondary N) is 1. The van der Waals surface area contributed by atoms with E-state index in [1.807, 2.05) is 42.7 Å². The fraction of sp³-hybridized carbons (Fsp3) is 0.0769. The molecule has 2 amide bonds. The van der Waals surface area contributed by atoms with Crippen molar-refractivity contribution in [2.45, 2.75) is 12.5 Å². The third-order valence-electron chi connectivity index (χ3n) is 6.54. The van der Waals surface area contributed by atoms with Crippen LogP contribution in [0, 0.1) is 0 Å². The Bertz CT molecular complexity index is 1650. The standard InChI is InChI=1S/C26H17N7O2/c34-25-20(18-14-30-19-7-1-2-11-32(18)19)21(26(35)31-25)22-16-6-3-5-15-13-17(24-28-8-4-9-29-24)33(23(15)16)12-10-27-22/h1-12,14,17H,13H2,(H,31,34,35). The van der Waals surface area contributed by atoms with Crippen molar-refractivity contribution >= 4 is 34.4 Å². The molecule has 168 valence electrons. The average Bonchev–Trinajstić information content (AvgIpc) is 3.51. The number of aliphatic imine (C=N–C) groups is 1. The molecule has 0 radical (unpaired) electrons. The van der Waals surface area contributed by atoms with Crippen molar-refractivity contribution in [3.8, 4) is 0 Å². The Morgan fingerprint density at radius 2 is 1.77 bits per heavy atom. The Kier molecular flexibility index (Phi) is 4.07. The zero-order valence-corrected chi connectivity index (χ0v) is 18.3. The summed E-state index contributed by atoms with van der Waals surface area (Å²) in [7, 11) is 0. The van der Waals surface area contributed by atoms with Crippen LogP contribution in [0.3, 0.4) is 0 Å². The van der Waals surface area contributed by atoms with E-state index in [-0.39, 0.29) is 17.2 Å². The van der Waals surface area contributed by atoms with Gasteiger partial charge in [0.1, 0.15) is 5.65 Å². The summed E-state index contributed by atoms with van der Waals surface area (Å²) in [6.07, 6.45) is 11.2. The number of anilines is 1. The van der Waals surface area contributed by atoms with Gasteiger partial charge in [0.05, 0.1) is 40.5 Å². The fourth-order valence-electron chi connectivity index (χ4n) is 5.08. The summed E-state index contributed by atoms with van der Waals surface area (Å²) in [5, 5.41) is 2.46. The second-order valence-corrected chi connectivity index (χ2v) is 8.43. The monoisotopic (exact) mass is 459 g/mol. The highest BCUT2D eigenvalue weighted by Crippen LogP contribution is 2.44. The van der Waals surface area contributed by atoms with Gasteiger partial charge in [-0.05, 0) is 23.8 Å². The second-order valence-electron chi connectivity index (χ2n) is 8.43. The van der Waals surface area contributed by atoms with Crippen molar-refractivity contribution < 1.29 is 9.59 Å². The highest BCUT2D eigenvalue weighted by atomic mass is 16.2. The number of pyridine rings is 1. The van der Waals surface area contributed by atoms with Crippen LogP contribution in [-0.2, 0) is 16.0 Å². The SMILES string of the molecule is O=C1NC(=O)C(c2cnc3ccccn23)=C1C1=NC=CN2c3c(cccc31)CC2c1ncccn1. The van der Waals surface area contributed by atoms with Gasteiger partial charge in [-0.1, -0.05) is 24.3 Å². The lowest BCUT2D eigenvalue weighted by atomic mass is 9.94. The van der Waals surface area contributed by atoms with E-state index in [4.69, 9.17) is 0 Å². The van der Waals surface area contributed by atoms with Crippen LogP contribution in [0.5, 0.6) is 0 Å². The number of hydrogen-bond acceptors (Lipinski definition) is 7. The molecule has 4 aromatic rings. The molecule has 1 unspecified atom stereocenters. The van der Waals surface area contributed by atoms with Crippen LogP contribution in [0.2, 0.25) is 0 Å². The lowest BCUT2D eigenvalue weighted by molar-refractivity contribution is -0.123. The number of amides is 2. The van der Waals surface area contributed by atoms with E-state index in [2.05, 4.69) is 36.2 Å². The minimum absolute atomic E-state index is 0.0931. The van der Waals surface area contributed by atoms with E-state index in [9.17, 15) is 9.59 Å². The number of fused-ring (bicyclic) bond motifs is 1. The third-order valence-corrected chi connectivity index (χ3v) is 6.54. The molecule has 6 heterocycles. The van der Waals surface area contributed by atoms with Crippen molar-refractivity contribution in [3.63, 3.8) is 0 Å². The molecule has 3 aliphatic heterocycles. The van der Waals surface area contributed by atoms with Gasteiger partial charge in [-0.25, -0.2) is 15.0 Å². The highest BCUT2D eigenvalue weighted by Gasteiger charge is 2.40. The summed E-state index contributed by atoms with van der Waals surface area (Å²) in [6, 6.07) is 13.2. The molecule has 0 fully saturated rings. The quantitative estimate of drug-likeness (QED) is 0.472. The summed E-state index contributed by atoms with van der Waals surface area (Å²) in [5.74, 6) is -0.233.